The predicted octanol–water partition coefficient (Wildman–Crippen LogP) is 1.94. The van der Waals surface area contributed by atoms with Crippen molar-refractivity contribution in [1.82, 2.24) is 0 Å². The average molecular weight is 180 g/mol. The van der Waals surface area contributed by atoms with Gasteiger partial charge < -0.3 is 4.74 Å². The molecule has 68 valence electrons. The molecule has 0 atom stereocenters. The molecule has 3 heteroatoms. The van der Waals surface area contributed by atoms with E-state index in [-0.39, 0.29) is 17.7 Å². The monoisotopic (exact) mass is 180 g/mol. The summed E-state index contributed by atoms with van der Waals surface area (Å²) in [5, 5.41) is 0. The first-order valence-electron chi connectivity index (χ1n) is 4.18. The summed E-state index contributed by atoms with van der Waals surface area (Å²) < 4.78 is 17.9. The minimum Gasteiger partial charge on any atom is -0.490 e. The third-order valence-corrected chi connectivity index (χ3v) is 2.03. The second-order valence-corrected chi connectivity index (χ2v) is 3.14. The molecule has 0 radical (unpaired) electrons. The SMILES string of the molecule is O=C1CC(Oc2ccc(F)cc2)C1. The van der Waals surface area contributed by atoms with Gasteiger partial charge in [0.25, 0.3) is 0 Å². The van der Waals surface area contributed by atoms with Crippen molar-refractivity contribution in [3.05, 3.63) is 30.1 Å². The first-order valence-corrected chi connectivity index (χ1v) is 4.18. The first-order chi connectivity index (χ1) is 6.24. The minimum atomic E-state index is -0.281. The molecule has 0 bridgehead atoms. The van der Waals surface area contributed by atoms with E-state index in [1.54, 1.807) is 12.1 Å². The van der Waals surface area contributed by atoms with Crippen LogP contribution in [0.5, 0.6) is 5.75 Å². The summed E-state index contributed by atoms with van der Waals surface area (Å²) in [6, 6.07) is 5.82. The third-order valence-electron chi connectivity index (χ3n) is 2.03. The van der Waals surface area contributed by atoms with E-state index < -0.39 is 0 Å². The molecule has 1 aromatic carbocycles. The maximum atomic E-state index is 12.5. The lowest BCUT2D eigenvalue weighted by atomic mass is 9.94. The lowest BCUT2D eigenvalue weighted by molar-refractivity contribution is -0.129. The topological polar surface area (TPSA) is 26.3 Å². The Labute approximate surface area is 75.3 Å². The molecule has 1 aromatic rings. The first kappa shape index (κ1) is 8.23. The van der Waals surface area contributed by atoms with Gasteiger partial charge in [0.15, 0.2) is 0 Å². The van der Waals surface area contributed by atoms with Gasteiger partial charge in [-0.05, 0) is 24.3 Å². The lowest BCUT2D eigenvalue weighted by Gasteiger charge is -2.24. The van der Waals surface area contributed by atoms with E-state index in [0.29, 0.717) is 18.6 Å². The van der Waals surface area contributed by atoms with Gasteiger partial charge in [-0.15, -0.1) is 0 Å². The zero-order valence-electron chi connectivity index (χ0n) is 7.00. The van der Waals surface area contributed by atoms with Crippen LogP contribution in [0, 0.1) is 5.82 Å². The van der Waals surface area contributed by atoms with Gasteiger partial charge in [0.05, 0.1) is 0 Å². The third kappa shape index (κ3) is 1.86. The Hall–Kier alpha value is -1.38. The van der Waals surface area contributed by atoms with Gasteiger partial charge in [-0.1, -0.05) is 0 Å². The van der Waals surface area contributed by atoms with E-state index in [4.69, 9.17) is 4.74 Å². The van der Waals surface area contributed by atoms with Crippen molar-refractivity contribution < 1.29 is 13.9 Å². The highest BCUT2D eigenvalue weighted by molar-refractivity contribution is 5.85. The van der Waals surface area contributed by atoms with Gasteiger partial charge in [0.2, 0.25) is 0 Å². The molecule has 0 unspecified atom stereocenters. The van der Waals surface area contributed by atoms with Crippen LogP contribution in [-0.4, -0.2) is 11.9 Å². The van der Waals surface area contributed by atoms with Gasteiger partial charge in [0, 0.05) is 12.8 Å². The summed E-state index contributed by atoms with van der Waals surface area (Å²) in [6.07, 6.45) is 0.965. The van der Waals surface area contributed by atoms with Gasteiger partial charge in [-0.25, -0.2) is 4.39 Å². The van der Waals surface area contributed by atoms with Crippen molar-refractivity contribution in [2.24, 2.45) is 0 Å². The summed E-state index contributed by atoms with van der Waals surface area (Å²) >= 11 is 0. The largest absolute Gasteiger partial charge is 0.490 e. The number of benzene rings is 1. The molecular weight excluding hydrogens is 171 g/mol. The minimum absolute atomic E-state index is 0.00189. The molecule has 0 aromatic heterocycles. The van der Waals surface area contributed by atoms with E-state index >= 15 is 0 Å². The molecule has 2 rings (SSSR count). The lowest BCUT2D eigenvalue weighted by Crippen LogP contribution is -2.33. The summed E-state index contributed by atoms with van der Waals surface area (Å²) in [6.45, 7) is 0. The normalized spacial score (nSPS) is 16.8. The van der Waals surface area contributed by atoms with Gasteiger partial charge in [0.1, 0.15) is 23.5 Å². The Morgan fingerprint density at radius 2 is 1.85 bits per heavy atom. The standard InChI is InChI=1S/C10H9FO2/c11-7-1-3-9(4-2-7)13-10-5-8(12)6-10/h1-4,10H,5-6H2. The number of hydrogen-bond acceptors (Lipinski definition) is 2. The van der Waals surface area contributed by atoms with Crippen LogP contribution < -0.4 is 4.74 Å². The highest BCUT2D eigenvalue weighted by Crippen LogP contribution is 2.22. The fourth-order valence-electron chi connectivity index (χ4n) is 1.24. The molecule has 1 aliphatic carbocycles. The molecule has 1 aliphatic rings. The van der Waals surface area contributed by atoms with Crippen molar-refractivity contribution in [1.29, 1.82) is 0 Å². The number of Topliss-reactive ketones (excluding diaryl/α,β-unsaturated/α-hetero) is 1. The van der Waals surface area contributed by atoms with Gasteiger partial charge in [-0.2, -0.15) is 0 Å². The van der Waals surface area contributed by atoms with E-state index in [2.05, 4.69) is 0 Å². The van der Waals surface area contributed by atoms with E-state index in [1.165, 1.54) is 12.1 Å². The Morgan fingerprint density at radius 1 is 1.23 bits per heavy atom. The van der Waals surface area contributed by atoms with Crippen LogP contribution in [-0.2, 0) is 4.79 Å². The Morgan fingerprint density at radius 3 is 2.38 bits per heavy atom. The molecule has 2 nitrogen and oxygen atoms in total. The van der Waals surface area contributed by atoms with Crippen LogP contribution in [0.2, 0.25) is 0 Å². The number of ketones is 1. The number of carbonyl (C=O) groups is 1. The predicted molar refractivity (Wildman–Crippen MR) is 45.1 cm³/mol. The van der Waals surface area contributed by atoms with Gasteiger partial charge >= 0.3 is 0 Å². The molecule has 1 fully saturated rings. The van der Waals surface area contributed by atoms with Crippen molar-refractivity contribution in [2.75, 3.05) is 0 Å². The summed E-state index contributed by atoms with van der Waals surface area (Å²) in [4.78, 5) is 10.6. The van der Waals surface area contributed by atoms with E-state index in [0.717, 1.165) is 0 Å². The number of carbonyl (C=O) groups excluding carboxylic acids is 1. The Kier molecular flexibility index (Phi) is 2.00. The summed E-state index contributed by atoms with van der Waals surface area (Å²) in [7, 11) is 0. The molecule has 0 heterocycles. The number of halogens is 1. The van der Waals surface area contributed by atoms with Crippen LogP contribution in [0.15, 0.2) is 24.3 Å². The molecule has 0 aliphatic heterocycles. The Bertz CT molecular complexity index is 310. The molecule has 1 saturated carbocycles. The molecule has 0 N–H and O–H groups in total. The zero-order chi connectivity index (χ0) is 9.26. The molecule has 13 heavy (non-hydrogen) atoms. The summed E-state index contributed by atoms with van der Waals surface area (Å²) in [5.74, 6) is 0.572. The molecular formula is C10H9FO2. The second kappa shape index (κ2) is 3.17. The number of ether oxygens (including phenoxy) is 1. The number of rotatable bonds is 2. The maximum absolute atomic E-state index is 12.5. The van der Waals surface area contributed by atoms with Crippen molar-refractivity contribution in [3.63, 3.8) is 0 Å². The van der Waals surface area contributed by atoms with Crippen LogP contribution in [0.25, 0.3) is 0 Å². The van der Waals surface area contributed by atoms with Gasteiger partial charge in [-0.3, -0.25) is 4.79 Å². The van der Waals surface area contributed by atoms with Crippen molar-refractivity contribution in [3.8, 4) is 5.75 Å². The Balaban J connectivity index is 1.95. The molecule has 0 amide bonds. The molecule has 0 saturated heterocycles. The second-order valence-electron chi connectivity index (χ2n) is 3.14. The summed E-state index contributed by atoms with van der Waals surface area (Å²) in [5.41, 5.74) is 0. The van der Waals surface area contributed by atoms with Crippen molar-refractivity contribution >= 4 is 5.78 Å². The average Bonchev–Trinajstić information content (AvgIpc) is 2.06. The molecule has 0 spiro atoms. The zero-order valence-corrected chi connectivity index (χ0v) is 7.00. The van der Waals surface area contributed by atoms with Crippen molar-refractivity contribution in [2.45, 2.75) is 18.9 Å². The van der Waals surface area contributed by atoms with Crippen LogP contribution in [0.1, 0.15) is 12.8 Å². The maximum Gasteiger partial charge on any atom is 0.140 e. The van der Waals surface area contributed by atoms with E-state index in [9.17, 15) is 9.18 Å². The van der Waals surface area contributed by atoms with E-state index in [1.807, 2.05) is 0 Å². The van der Waals surface area contributed by atoms with Crippen LogP contribution in [0.4, 0.5) is 4.39 Å². The number of hydrogen-bond donors (Lipinski definition) is 0. The fourth-order valence-corrected chi connectivity index (χ4v) is 1.24. The van der Waals surface area contributed by atoms with Crippen LogP contribution in [0.3, 0.4) is 0 Å². The smallest absolute Gasteiger partial charge is 0.140 e. The highest BCUT2D eigenvalue weighted by Gasteiger charge is 2.28. The quantitative estimate of drug-likeness (QED) is 0.695. The fraction of sp³-hybridized carbons (Fsp3) is 0.300. The highest BCUT2D eigenvalue weighted by atomic mass is 19.1. The van der Waals surface area contributed by atoms with Crippen LogP contribution >= 0.6 is 0 Å².